The van der Waals surface area contributed by atoms with Crippen molar-refractivity contribution < 1.29 is 4.57 Å². The average Bonchev–Trinajstić information content (AvgIpc) is 2.95. The van der Waals surface area contributed by atoms with Crippen LogP contribution in [-0.2, 0) is 4.57 Å². The molecule has 2 nitrogen and oxygen atoms in total. The van der Waals surface area contributed by atoms with Gasteiger partial charge in [0.15, 0.2) is 7.14 Å². The number of hydrogen-bond donors (Lipinski definition) is 0. The lowest BCUT2D eigenvalue weighted by Gasteiger charge is -2.24. The number of pyridine rings is 1. The Bertz CT molecular complexity index is 2000. The van der Waals surface area contributed by atoms with Gasteiger partial charge in [0.1, 0.15) is 5.44 Å². The maximum absolute atomic E-state index is 16.2. The Hall–Kier alpha value is -4.26. The van der Waals surface area contributed by atoms with Crippen molar-refractivity contribution in [1.82, 2.24) is 4.98 Å². The molecule has 0 fully saturated rings. The van der Waals surface area contributed by atoms with Gasteiger partial charge in [-0.25, -0.2) is 4.98 Å². The molecule has 182 valence electrons. The second-order valence-corrected chi connectivity index (χ2v) is 12.7. The summed E-state index contributed by atoms with van der Waals surface area (Å²) in [5.41, 5.74) is 3.82. The van der Waals surface area contributed by atoms with Crippen LogP contribution in [0.25, 0.3) is 43.2 Å². The number of fused-ring (bicyclic) bond motifs is 5. The van der Waals surface area contributed by atoms with Gasteiger partial charge in [0.2, 0.25) is 0 Å². The lowest BCUT2D eigenvalue weighted by Crippen LogP contribution is -2.29. The summed E-state index contributed by atoms with van der Waals surface area (Å²) in [6.07, 6.45) is 0. The zero-order valence-electron chi connectivity index (χ0n) is 21.3. The zero-order chi connectivity index (χ0) is 25.9. The van der Waals surface area contributed by atoms with Crippen molar-refractivity contribution in [3.63, 3.8) is 0 Å². The predicted octanol–water partition coefficient (Wildman–Crippen LogP) is 7.95. The molecule has 7 rings (SSSR count). The Kier molecular flexibility index (Phi) is 5.21. The fraction of sp³-hybridized carbons (Fsp3) is 0.0571. The van der Waals surface area contributed by atoms with Crippen molar-refractivity contribution >= 4 is 66.4 Å². The van der Waals surface area contributed by atoms with Crippen LogP contribution < -0.4 is 16.0 Å². The van der Waals surface area contributed by atoms with Crippen LogP contribution in [-0.4, -0.2) is 4.98 Å². The number of aromatic nitrogens is 1. The van der Waals surface area contributed by atoms with E-state index in [1.54, 1.807) is 0 Å². The van der Waals surface area contributed by atoms with Gasteiger partial charge in [-0.1, -0.05) is 114 Å². The van der Waals surface area contributed by atoms with Gasteiger partial charge in [-0.2, -0.15) is 0 Å². The molecule has 0 amide bonds. The minimum atomic E-state index is -3.46. The summed E-state index contributed by atoms with van der Waals surface area (Å²) in [7, 11) is -3.46. The SMILES string of the molecule is Cc1ccc2c(c1)c(P(=O)(c1cccc3ccccc13)c1cccc3ccccc13)nc1ccc(C)cc12. The molecule has 0 saturated carbocycles. The highest BCUT2D eigenvalue weighted by Gasteiger charge is 2.36. The van der Waals surface area contributed by atoms with Crippen molar-refractivity contribution in [2.75, 3.05) is 0 Å². The second kappa shape index (κ2) is 8.65. The highest BCUT2D eigenvalue weighted by atomic mass is 31.2. The minimum absolute atomic E-state index is 0.653. The average molecular weight is 508 g/mol. The molecule has 0 radical (unpaired) electrons. The highest BCUT2D eigenvalue weighted by molar-refractivity contribution is 7.86. The normalized spacial score (nSPS) is 12.1. The Morgan fingerprint density at radius 2 is 1.03 bits per heavy atom. The van der Waals surface area contributed by atoms with Gasteiger partial charge in [0.25, 0.3) is 0 Å². The molecule has 0 N–H and O–H groups in total. The van der Waals surface area contributed by atoms with Crippen molar-refractivity contribution in [2.24, 2.45) is 0 Å². The van der Waals surface area contributed by atoms with Crippen LogP contribution in [0.3, 0.4) is 0 Å². The van der Waals surface area contributed by atoms with Crippen molar-refractivity contribution in [2.45, 2.75) is 13.8 Å². The fourth-order valence-corrected chi connectivity index (χ4v) is 8.95. The third-order valence-electron chi connectivity index (χ3n) is 7.59. The van der Waals surface area contributed by atoms with Gasteiger partial charge < -0.3 is 4.57 Å². The first kappa shape index (κ1) is 22.9. The van der Waals surface area contributed by atoms with Gasteiger partial charge in [-0.15, -0.1) is 0 Å². The molecule has 0 spiro atoms. The monoisotopic (exact) mass is 507 g/mol. The van der Waals surface area contributed by atoms with E-state index < -0.39 is 7.14 Å². The summed E-state index contributed by atoms with van der Waals surface area (Å²) >= 11 is 0. The van der Waals surface area contributed by atoms with E-state index in [2.05, 4.69) is 86.6 Å². The molecule has 0 unspecified atom stereocenters. The Labute approximate surface area is 222 Å². The maximum atomic E-state index is 16.2. The third kappa shape index (κ3) is 3.41. The first-order valence-electron chi connectivity index (χ1n) is 12.9. The van der Waals surface area contributed by atoms with Gasteiger partial charge in [-0.05, 0) is 59.0 Å². The van der Waals surface area contributed by atoms with Crippen molar-refractivity contribution in [3.05, 3.63) is 132 Å². The van der Waals surface area contributed by atoms with E-state index in [9.17, 15) is 0 Å². The van der Waals surface area contributed by atoms with Gasteiger partial charge in [-0.3, -0.25) is 0 Å². The highest BCUT2D eigenvalue weighted by Crippen LogP contribution is 2.48. The van der Waals surface area contributed by atoms with Gasteiger partial charge >= 0.3 is 0 Å². The summed E-state index contributed by atoms with van der Waals surface area (Å²) in [5, 5.41) is 8.92. The molecule has 0 aliphatic rings. The number of benzene rings is 6. The zero-order valence-corrected chi connectivity index (χ0v) is 22.2. The number of rotatable bonds is 3. The number of aryl methyl sites for hydroxylation is 2. The van der Waals surface area contributed by atoms with Crippen LogP contribution in [0.1, 0.15) is 11.1 Å². The first-order chi connectivity index (χ1) is 18.5. The maximum Gasteiger partial charge on any atom is 0.190 e. The molecular weight excluding hydrogens is 481 g/mol. The molecule has 0 atom stereocenters. The van der Waals surface area contributed by atoms with E-state index in [1.165, 1.54) is 5.56 Å². The topological polar surface area (TPSA) is 30.0 Å². The van der Waals surface area contributed by atoms with Crippen molar-refractivity contribution in [1.29, 1.82) is 0 Å². The number of hydrogen-bond acceptors (Lipinski definition) is 2. The smallest absolute Gasteiger partial charge is 0.190 e. The van der Waals surface area contributed by atoms with E-state index >= 15 is 4.57 Å². The standard InChI is InChI=1S/C35H26NOP/c1-23-17-19-29-30-21-24(2)18-20-32(30)36-35(31(29)22-23)38(37,33-15-7-11-25-9-3-5-13-27(25)33)34-16-8-12-26-10-4-6-14-28(26)34/h3-22H,1-2H3. The quantitative estimate of drug-likeness (QED) is 0.179. The van der Waals surface area contributed by atoms with Crippen LogP contribution in [0, 0.1) is 13.8 Å². The fourth-order valence-electron chi connectivity index (χ4n) is 5.78. The summed E-state index contributed by atoms with van der Waals surface area (Å²) in [6, 6.07) is 41.5. The molecule has 0 aliphatic carbocycles. The molecule has 3 heteroatoms. The van der Waals surface area contributed by atoms with Crippen LogP contribution >= 0.6 is 7.14 Å². The molecular formula is C35H26NOP. The lowest BCUT2D eigenvalue weighted by molar-refractivity contribution is 0.592. The summed E-state index contributed by atoms with van der Waals surface area (Å²) < 4.78 is 16.2. The van der Waals surface area contributed by atoms with Crippen molar-refractivity contribution in [3.8, 4) is 0 Å². The lowest BCUT2D eigenvalue weighted by atomic mass is 10.0. The molecule has 0 saturated heterocycles. The second-order valence-electron chi connectivity index (χ2n) is 10.1. The van der Waals surface area contributed by atoms with Crippen LogP contribution in [0.2, 0.25) is 0 Å². The molecule has 0 aliphatic heterocycles. The molecule has 6 aromatic carbocycles. The van der Waals surface area contributed by atoms with E-state index in [-0.39, 0.29) is 0 Å². The van der Waals surface area contributed by atoms with Crippen LogP contribution in [0.15, 0.2) is 121 Å². The van der Waals surface area contributed by atoms with Gasteiger partial charge in [0.05, 0.1) is 5.52 Å². The Balaban J connectivity index is 1.72. The summed E-state index contributed by atoms with van der Waals surface area (Å²) in [6.45, 7) is 4.19. The Morgan fingerprint density at radius 3 is 1.66 bits per heavy atom. The number of nitrogens with zero attached hydrogens (tertiary/aromatic N) is 1. The molecule has 1 heterocycles. The van der Waals surface area contributed by atoms with E-state index in [0.29, 0.717) is 5.44 Å². The Morgan fingerprint density at radius 1 is 0.500 bits per heavy atom. The predicted molar refractivity (Wildman–Crippen MR) is 163 cm³/mol. The molecule has 7 aromatic rings. The summed E-state index contributed by atoms with van der Waals surface area (Å²) in [5.74, 6) is 0. The largest absolute Gasteiger partial charge is 0.307 e. The van der Waals surface area contributed by atoms with Crippen LogP contribution in [0.5, 0.6) is 0 Å². The van der Waals surface area contributed by atoms with E-state index in [1.807, 2.05) is 48.5 Å². The molecule has 38 heavy (non-hydrogen) atoms. The van der Waals surface area contributed by atoms with E-state index in [4.69, 9.17) is 4.98 Å². The summed E-state index contributed by atoms with van der Waals surface area (Å²) in [4.78, 5) is 5.26. The molecule has 1 aromatic heterocycles. The van der Waals surface area contributed by atoms with Gasteiger partial charge in [0, 0.05) is 21.4 Å². The first-order valence-corrected chi connectivity index (χ1v) is 14.6. The van der Waals surface area contributed by atoms with Crippen LogP contribution in [0.4, 0.5) is 0 Å². The minimum Gasteiger partial charge on any atom is -0.307 e. The molecule has 0 bridgehead atoms. The third-order valence-corrected chi connectivity index (χ3v) is 10.7. The van der Waals surface area contributed by atoms with E-state index in [0.717, 1.165) is 59.4 Å².